The molecule has 3 aromatic rings. The Morgan fingerprint density at radius 1 is 0.621 bits per heavy atom. The van der Waals surface area contributed by atoms with Crippen LogP contribution in [0.25, 0.3) is 0 Å². The summed E-state index contributed by atoms with van der Waals surface area (Å²) >= 11 is 0. The average molecular weight is 537 g/mol. The predicted molar refractivity (Wildman–Crippen MR) is 133 cm³/mol. The Bertz CT molecular complexity index is 696. The van der Waals surface area contributed by atoms with Crippen LogP contribution in [0.2, 0.25) is 0 Å². The Kier molecular flexibility index (Phi) is 12.0. The van der Waals surface area contributed by atoms with Crippen molar-refractivity contribution in [1.29, 1.82) is 0 Å². The highest BCUT2D eigenvalue weighted by Crippen LogP contribution is 2.55. The van der Waals surface area contributed by atoms with Gasteiger partial charge in [-0.3, -0.25) is 0 Å². The number of nitrogens with zero attached hydrogens (tertiary/aromatic N) is 1. The van der Waals surface area contributed by atoms with Gasteiger partial charge in [0.25, 0.3) is 0 Å². The van der Waals surface area contributed by atoms with Crippen LogP contribution in [-0.4, -0.2) is 30.7 Å². The molecule has 29 heavy (non-hydrogen) atoms. The van der Waals surface area contributed by atoms with Gasteiger partial charge >= 0.3 is 0 Å². The Morgan fingerprint density at radius 3 is 1.28 bits per heavy atom. The van der Waals surface area contributed by atoms with E-state index in [1.54, 1.807) is 0 Å². The van der Waals surface area contributed by atoms with Gasteiger partial charge in [-0.05, 0) is 55.9 Å². The van der Waals surface area contributed by atoms with Gasteiger partial charge in [0.1, 0.15) is 23.2 Å². The van der Waals surface area contributed by atoms with Crippen molar-refractivity contribution in [2.24, 2.45) is 0 Å². The first-order valence-electron chi connectivity index (χ1n) is 10.1. The number of hydrogen-bond donors (Lipinski definition) is 0. The van der Waals surface area contributed by atoms with Crippen LogP contribution in [0, 0.1) is 0 Å². The second-order valence-electron chi connectivity index (χ2n) is 6.92. The van der Waals surface area contributed by atoms with Crippen molar-refractivity contribution in [2.75, 3.05) is 25.8 Å². The standard InChI is InChI=1S/C25H31NP.2BrH/c1-3-26(4-2)21-14-22-27(23-15-8-5-9-16-23,24-17-10-6-11-18-24)25-19-12-7-13-20-25;;/h5-13,15-20H,3-4,14,21-22H2,1-2H3;2*1H/q+1;;/p-1. The van der Waals surface area contributed by atoms with Crippen molar-refractivity contribution in [3.05, 3.63) is 91.0 Å². The summed E-state index contributed by atoms with van der Waals surface area (Å²) in [5.41, 5.74) is 0. The van der Waals surface area contributed by atoms with Gasteiger partial charge in [0.05, 0.1) is 6.16 Å². The molecule has 0 aliphatic rings. The lowest BCUT2D eigenvalue weighted by atomic mass is 10.3. The van der Waals surface area contributed by atoms with E-state index in [0.29, 0.717) is 0 Å². The molecule has 3 rings (SSSR count). The molecule has 0 radical (unpaired) electrons. The molecule has 0 spiro atoms. The van der Waals surface area contributed by atoms with Crippen LogP contribution in [-0.2, 0) is 0 Å². The first-order chi connectivity index (χ1) is 13.3. The molecule has 0 aromatic heterocycles. The molecule has 0 N–H and O–H groups in total. The Labute approximate surface area is 198 Å². The topological polar surface area (TPSA) is 3.24 Å². The highest BCUT2D eigenvalue weighted by Gasteiger charge is 2.44. The molecule has 156 valence electrons. The maximum Gasteiger partial charge on any atom is 0.112 e. The molecule has 0 fully saturated rings. The van der Waals surface area contributed by atoms with Crippen molar-refractivity contribution >= 4 is 40.2 Å². The summed E-state index contributed by atoms with van der Waals surface area (Å²) in [6.07, 6.45) is 2.43. The molecule has 0 aliphatic carbocycles. The summed E-state index contributed by atoms with van der Waals surface area (Å²) in [4.78, 5) is 2.54. The lowest BCUT2D eigenvalue weighted by Crippen LogP contribution is -3.00. The van der Waals surface area contributed by atoms with E-state index in [0.717, 1.165) is 13.1 Å². The molecule has 3 aromatic carbocycles. The van der Waals surface area contributed by atoms with E-state index in [2.05, 4.69) is 110 Å². The van der Waals surface area contributed by atoms with Crippen molar-refractivity contribution in [1.82, 2.24) is 4.90 Å². The molecule has 0 saturated heterocycles. The normalized spacial score (nSPS) is 10.9. The SMILES string of the molecule is Br.CCN(CC)CCC[P+](c1ccccc1)(c1ccccc1)c1ccccc1.[Br-]. The van der Waals surface area contributed by atoms with Gasteiger partial charge in [0.15, 0.2) is 0 Å². The smallest absolute Gasteiger partial charge is 0.112 e. The summed E-state index contributed by atoms with van der Waals surface area (Å²) in [6.45, 7) is 7.95. The number of halogens is 2. The monoisotopic (exact) mass is 535 g/mol. The van der Waals surface area contributed by atoms with E-state index in [1.807, 2.05) is 0 Å². The zero-order valence-corrected chi connectivity index (χ0v) is 21.6. The van der Waals surface area contributed by atoms with Crippen LogP contribution >= 0.6 is 24.2 Å². The second-order valence-corrected chi connectivity index (χ2v) is 10.5. The van der Waals surface area contributed by atoms with Crippen LogP contribution in [0.15, 0.2) is 91.0 Å². The summed E-state index contributed by atoms with van der Waals surface area (Å²) in [5, 5.41) is 4.46. The van der Waals surface area contributed by atoms with Gasteiger partial charge in [-0.25, -0.2) is 0 Å². The Hall–Kier alpha value is -0.990. The largest absolute Gasteiger partial charge is 1.00 e. The first kappa shape index (κ1) is 26.0. The van der Waals surface area contributed by atoms with E-state index < -0.39 is 7.26 Å². The molecule has 0 heterocycles. The van der Waals surface area contributed by atoms with Crippen LogP contribution in [0.1, 0.15) is 20.3 Å². The van der Waals surface area contributed by atoms with Crippen LogP contribution in [0.4, 0.5) is 0 Å². The minimum absolute atomic E-state index is 0. The zero-order valence-electron chi connectivity index (χ0n) is 17.4. The van der Waals surface area contributed by atoms with Crippen LogP contribution in [0.3, 0.4) is 0 Å². The number of rotatable bonds is 9. The lowest BCUT2D eigenvalue weighted by Gasteiger charge is -2.28. The highest BCUT2D eigenvalue weighted by atomic mass is 79.9. The quantitative estimate of drug-likeness (QED) is 0.379. The third-order valence-electron chi connectivity index (χ3n) is 5.45. The van der Waals surface area contributed by atoms with Gasteiger partial charge in [-0.1, -0.05) is 68.4 Å². The maximum absolute atomic E-state index is 2.54. The first-order valence-corrected chi connectivity index (χ1v) is 12.1. The van der Waals surface area contributed by atoms with Crippen molar-refractivity contribution < 1.29 is 17.0 Å². The predicted octanol–water partition coefficient (Wildman–Crippen LogP) is 2.29. The van der Waals surface area contributed by atoms with Gasteiger partial charge in [-0.15, -0.1) is 17.0 Å². The van der Waals surface area contributed by atoms with Crippen molar-refractivity contribution in [3.63, 3.8) is 0 Å². The van der Waals surface area contributed by atoms with E-state index >= 15 is 0 Å². The van der Waals surface area contributed by atoms with Gasteiger partial charge in [-0.2, -0.15) is 0 Å². The molecule has 0 bridgehead atoms. The molecular formula is C25H32Br2NP. The molecule has 0 aliphatic heterocycles. The third kappa shape index (κ3) is 6.25. The van der Waals surface area contributed by atoms with E-state index in [-0.39, 0.29) is 34.0 Å². The van der Waals surface area contributed by atoms with E-state index in [1.165, 1.54) is 35.0 Å². The molecular weight excluding hydrogens is 505 g/mol. The highest BCUT2D eigenvalue weighted by molar-refractivity contribution is 8.93. The molecule has 4 heteroatoms. The van der Waals surface area contributed by atoms with Gasteiger partial charge < -0.3 is 21.9 Å². The molecule has 1 nitrogen and oxygen atoms in total. The summed E-state index contributed by atoms with van der Waals surface area (Å²) in [5.74, 6) is 0. The zero-order chi connectivity index (χ0) is 19.0. The third-order valence-corrected chi connectivity index (χ3v) is 9.98. The molecule has 0 unspecified atom stereocenters. The van der Waals surface area contributed by atoms with Gasteiger partial charge in [0.2, 0.25) is 0 Å². The minimum atomic E-state index is -1.66. The maximum atomic E-state index is 2.54. The molecule has 0 atom stereocenters. The summed E-state index contributed by atoms with van der Waals surface area (Å²) in [7, 11) is -1.66. The Balaban J connectivity index is 0.00000210. The second kappa shape index (κ2) is 13.3. The van der Waals surface area contributed by atoms with E-state index in [9.17, 15) is 0 Å². The van der Waals surface area contributed by atoms with Crippen LogP contribution < -0.4 is 32.9 Å². The minimum Gasteiger partial charge on any atom is -1.00 e. The van der Waals surface area contributed by atoms with Gasteiger partial charge in [0, 0.05) is 6.54 Å². The molecule has 0 saturated carbocycles. The summed E-state index contributed by atoms with van der Waals surface area (Å²) < 4.78 is 0. The average Bonchev–Trinajstić information content (AvgIpc) is 2.76. The van der Waals surface area contributed by atoms with E-state index in [4.69, 9.17) is 0 Å². The number of benzene rings is 3. The fourth-order valence-electron chi connectivity index (χ4n) is 3.95. The van der Waals surface area contributed by atoms with Crippen molar-refractivity contribution in [2.45, 2.75) is 20.3 Å². The molecule has 0 amide bonds. The Morgan fingerprint density at radius 2 is 0.966 bits per heavy atom. The van der Waals surface area contributed by atoms with Crippen LogP contribution in [0.5, 0.6) is 0 Å². The number of hydrogen-bond acceptors (Lipinski definition) is 1. The van der Waals surface area contributed by atoms with Crippen molar-refractivity contribution in [3.8, 4) is 0 Å². The summed E-state index contributed by atoms with van der Waals surface area (Å²) in [6, 6.07) is 33.6. The fraction of sp³-hybridized carbons (Fsp3) is 0.280. The fourth-order valence-corrected chi connectivity index (χ4v) is 8.28. The lowest BCUT2D eigenvalue weighted by molar-refractivity contribution is -0.00000557.